The number of rotatable bonds is 7. The fraction of sp³-hybridized carbons (Fsp3) is 0.364. The molecule has 7 nitrogen and oxygen atoms in total. The van der Waals surface area contributed by atoms with Crippen LogP contribution in [0.3, 0.4) is 0 Å². The number of aryl methyl sites for hydroxylation is 1. The van der Waals surface area contributed by atoms with Gasteiger partial charge in [0.2, 0.25) is 0 Å². The summed E-state index contributed by atoms with van der Waals surface area (Å²) in [5.74, 6) is 1.99. The van der Waals surface area contributed by atoms with Crippen molar-refractivity contribution in [3.8, 4) is 11.4 Å². The van der Waals surface area contributed by atoms with Gasteiger partial charge in [0.05, 0.1) is 30.3 Å². The van der Waals surface area contributed by atoms with Crippen molar-refractivity contribution in [2.75, 3.05) is 55.9 Å². The van der Waals surface area contributed by atoms with Crippen LogP contribution in [0.2, 0.25) is 0 Å². The Kier molecular flexibility index (Phi) is 7.26. The van der Waals surface area contributed by atoms with Crippen LogP contribution in [0.4, 0.5) is 11.5 Å². The minimum atomic E-state index is -0.0548. The zero-order chi connectivity index (χ0) is 27.7. The van der Waals surface area contributed by atoms with Gasteiger partial charge in [0.1, 0.15) is 24.8 Å². The van der Waals surface area contributed by atoms with E-state index < -0.39 is 0 Å². The van der Waals surface area contributed by atoms with Gasteiger partial charge in [0.15, 0.2) is 0 Å². The first-order valence-corrected chi connectivity index (χ1v) is 14.2. The van der Waals surface area contributed by atoms with E-state index in [1.54, 1.807) is 0 Å². The highest BCUT2D eigenvalue weighted by Crippen LogP contribution is 2.37. The van der Waals surface area contributed by atoms with Gasteiger partial charge in [-0.2, -0.15) is 5.10 Å². The van der Waals surface area contributed by atoms with E-state index in [0.717, 1.165) is 66.9 Å². The van der Waals surface area contributed by atoms with Crippen LogP contribution < -0.4 is 14.5 Å². The lowest BCUT2D eigenvalue weighted by Gasteiger charge is -2.26. The zero-order valence-electron chi connectivity index (χ0n) is 24.0. The number of hydrogen-bond acceptors (Lipinski definition) is 6. The minimum Gasteiger partial charge on any atom is -0.492 e. The lowest BCUT2D eigenvalue weighted by molar-refractivity contribution is 0.0323. The topological polar surface area (TPSA) is 46.0 Å². The van der Waals surface area contributed by atoms with Crippen molar-refractivity contribution in [3.05, 3.63) is 90.4 Å². The quantitative estimate of drug-likeness (QED) is 0.284. The molecule has 6 rings (SSSR count). The standard InChI is InChI=1S/C33H39N5O2/c1-25-8-7-9-26(22-25)38-32(23-31(34-38)33(2,3)4)37-15-14-36(24-37)29-12-13-30(28-11-6-5-10-27(28)29)40-21-18-35-16-19-39-20-17-35/h5-15,22-23H,16-21,24H2,1-4H3. The molecule has 0 radical (unpaired) electrons. The molecule has 0 amide bonds. The number of nitrogens with zero attached hydrogens (tertiary/aromatic N) is 5. The first-order chi connectivity index (χ1) is 19.4. The second kappa shape index (κ2) is 11.0. The minimum absolute atomic E-state index is 0.0548. The third-order valence-corrected chi connectivity index (χ3v) is 7.67. The monoisotopic (exact) mass is 537 g/mol. The van der Waals surface area contributed by atoms with E-state index in [-0.39, 0.29) is 5.41 Å². The maximum absolute atomic E-state index is 6.30. The molecule has 3 aromatic carbocycles. The van der Waals surface area contributed by atoms with Crippen molar-refractivity contribution >= 4 is 22.3 Å². The van der Waals surface area contributed by atoms with Gasteiger partial charge in [-0.25, -0.2) is 4.68 Å². The highest BCUT2D eigenvalue weighted by molar-refractivity contribution is 5.99. The molecule has 0 saturated carbocycles. The first kappa shape index (κ1) is 26.4. The molecule has 208 valence electrons. The van der Waals surface area contributed by atoms with Crippen LogP contribution in [0.1, 0.15) is 32.0 Å². The highest BCUT2D eigenvalue weighted by Gasteiger charge is 2.26. The number of benzene rings is 3. The number of morpholine rings is 1. The molecule has 40 heavy (non-hydrogen) atoms. The second-order valence-corrected chi connectivity index (χ2v) is 11.7. The van der Waals surface area contributed by atoms with Gasteiger partial charge in [-0.05, 0) is 36.8 Å². The van der Waals surface area contributed by atoms with E-state index >= 15 is 0 Å². The third kappa shape index (κ3) is 5.44. The Hall–Kier alpha value is -3.81. The van der Waals surface area contributed by atoms with Gasteiger partial charge in [0.25, 0.3) is 0 Å². The Labute approximate surface area is 237 Å². The molecular weight excluding hydrogens is 498 g/mol. The van der Waals surface area contributed by atoms with Crippen LogP contribution in [0.5, 0.6) is 5.75 Å². The second-order valence-electron chi connectivity index (χ2n) is 11.7. The summed E-state index contributed by atoms with van der Waals surface area (Å²) in [5, 5.41) is 7.37. The van der Waals surface area contributed by atoms with Crippen molar-refractivity contribution in [1.82, 2.24) is 14.7 Å². The SMILES string of the molecule is Cc1cccc(-n2nc(C(C)(C)C)cc2N2C=CN(c3ccc(OCCN4CCOCC4)c4ccccc34)C2)c1. The lowest BCUT2D eigenvalue weighted by atomic mass is 9.92. The summed E-state index contributed by atoms with van der Waals surface area (Å²) >= 11 is 0. The van der Waals surface area contributed by atoms with E-state index in [1.165, 1.54) is 10.9 Å². The van der Waals surface area contributed by atoms with Crippen molar-refractivity contribution < 1.29 is 9.47 Å². The zero-order valence-corrected chi connectivity index (χ0v) is 24.0. The van der Waals surface area contributed by atoms with Crippen LogP contribution in [0.15, 0.2) is 79.1 Å². The Morgan fingerprint density at radius 3 is 2.42 bits per heavy atom. The van der Waals surface area contributed by atoms with Crippen LogP contribution in [0, 0.1) is 6.92 Å². The Morgan fingerprint density at radius 1 is 0.875 bits per heavy atom. The van der Waals surface area contributed by atoms with E-state index in [2.05, 4.69) is 126 Å². The first-order valence-electron chi connectivity index (χ1n) is 14.2. The number of ether oxygens (including phenoxy) is 2. The molecule has 1 fully saturated rings. The molecule has 0 aliphatic carbocycles. The molecule has 0 bridgehead atoms. The van der Waals surface area contributed by atoms with Crippen molar-refractivity contribution in [1.29, 1.82) is 0 Å². The molecule has 3 heterocycles. The molecule has 0 N–H and O–H groups in total. The van der Waals surface area contributed by atoms with Gasteiger partial charge < -0.3 is 19.3 Å². The summed E-state index contributed by atoms with van der Waals surface area (Å²) in [6.45, 7) is 14.6. The van der Waals surface area contributed by atoms with Crippen molar-refractivity contribution in [2.24, 2.45) is 0 Å². The van der Waals surface area contributed by atoms with Crippen LogP contribution >= 0.6 is 0 Å². The van der Waals surface area contributed by atoms with Crippen LogP contribution in [-0.4, -0.2) is 60.8 Å². The normalized spacial score (nSPS) is 16.3. The van der Waals surface area contributed by atoms with E-state index in [1.807, 2.05) is 0 Å². The number of hydrogen-bond donors (Lipinski definition) is 0. The molecule has 0 spiro atoms. The highest BCUT2D eigenvalue weighted by atomic mass is 16.5. The van der Waals surface area contributed by atoms with Gasteiger partial charge in [-0.3, -0.25) is 4.90 Å². The third-order valence-electron chi connectivity index (χ3n) is 7.67. The smallest absolute Gasteiger partial charge is 0.138 e. The van der Waals surface area contributed by atoms with E-state index in [9.17, 15) is 0 Å². The predicted molar refractivity (Wildman–Crippen MR) is 163 cm³/mol. The fourth-order valence-electron chi connectivity index (χ4n) is 5.36. The van der Waals surface area contributed by atoms with E-state index in [0.29, 0.717) is 13.3 Å². The molecule has 1 aromatic heterocycles. The van der Waals surface area contributed by atoms with Gasteiger partial charge in [0, 0.05) is 54.3 Å². The summed E-state index contributed by atoms with van der Waals surface area (Å²) < 4.78 is 13.8. The number of anilines is 2. The molecule has 7 heteroatoms. The molecule has 0 unspecified atom stereocenters. The Balaban J connectivity index is 1.25. The average molecular weight is 538 g/mol. The Bertz CT molecular complexity index is 1510. The summed E-state index contributed by atoms with van der Waals surface area (Å²) in [5.41, 5.74) is 4.46. The maximum Gasteiger partial charge on any atom is 0.138 e. The average Bonchev–Trinajstić information content (AvgIpc) is 3.62. The van der Waals surface area contributed by atoms with Gasteiger partial charge in [-0.15, -0.1) is 0 Å². The maximum atomic E-state index is 6.30. The largest absolute Gasteiger partial charge is 0.492 e. The van der Waals surface area contributed by atoms with Crippen LogP contribution in [0.25, 0.3) is 16.5 Å². The van der Waals surface area contributed by atoms with Crippen LogP contribution in [-0.2, 0) is 10.2 Å². The van der Waals surface area contributed by atoms with Gasteiger partial charge >= 0.3 is 0 Å². The van der Waals surface area contributed by atoms with Gasteiger partial charge in [-0.1, -0.05) is 57.2 Å². The van der Waals surface area contributed by atoms with Crippen molar-refractivity contribution in [2.45, 2.75) is 33.1 Å². The molecule has 2 aliphatic heterocycles. The molecule has 1 saturated heterocycles. The number of aromatic nitrogens is 2. The Morgan fingerprint density at radius 2 is 1.65 bits per heavy atom. The predicted octanol–water partition coefficient (Wildman–Crippen LogP) is 6.10. The molecule has 4 aromatic rings. The molecule has 0 atom stereocenters. The summed E-state index contributed by atoms with van der Waals surface area (Å²) in [6, 6.07) is 23.6. The summed E-state index contributed by atoms with van der Waals surface area (Å²) in [7, 11) is 0. The lowest BCUT2D eigenvalue weighted by Crippen LogP contribution is -2.38. The van der Waals surface area contributed by atoms with Crippen molar-refractivity contribution in [3.63, 3.8) is 0 Å². The molecule has 2 aliphatic rings. The number of fused-ring (bicyclic) bond motifs is 1. The van der Waals surface area contributed by atoms with E-state index in [4.69, 9.17) is 14.6 Å². The summed E-state index contributed by atoms with van der Waals surface area (Å²) in [6.07, 6.45) is 4.31. The summed E-state index contributed by atoms with van der Waals surface area (Å²) in [4.78, 5) is 6.96. The fourth-order valence-corrected chi connectivity index (χ4v) is 5.36. The molecular formula is C33H39N5O2.